The molecule has 1 aromatic heterocycles. The summed E-state index contributed by atoms with van der Waals surface area (Å²) in [5.74, 6) is -5.39. The summed E-state index contributed by atoms with van der Waals surface area (Å²) in [7, 11) is 0. The molecule has 4 rings (SSSR count). The summed E-state index contributed by atoms with van der Waals surface area (Å²) in [6, 6.07) is 7.22. The van der Waals surface area contributed by atoms with Crippen LogP contribution >= 0.6 is 0 Å². The molecule has 2 heterocycles. The van der Waals surface area contributed by atoms with Gasteiger partial charge in [-0.25, -0.2) is 0 Å². The van der Waals surface area contributed by atoms with E-state index in [1.165, 1.54) is 24.3 Å². The molecule has 2 aromatic carbocycles. The minimum atomic E-state index is -1.85. The average molecular weight is 532 g/mol. The maximum absolute atomic E-state index is 12.6. The molecule has 0 amide bonds. The number of aliphatic hydroxyl groups is 3. The first-order chi connectivity index (χ1) is 18.0. The van der Waals surface area contributed by atoms with Crippen molar-refractivity contribution in [1.29, 1.82) is 0 Å². The number of aliphatic hydroxyl groups excluding tert-OH is 3. The molecule has 14 heteroatoms. The molecule has 38 heavy (non-hydrogen) atoms. The third kappa shape index (κ3) is 5.33. The fraction of sp³-hybridized carbons (Fsp3) is 0.292. The normalized spacial score (nSPS) is 23.2. The molecule has 0 unspecified atom stereocenters. The highest BCUT2D eigenvalue weighted by atomic mass is 16.7. The van der Waals surface area contributed by atoms with E-state index in [2.05, 4.69) is 4.74 Å². The largest absolute Gasteiger partial charge is 0.867 e. The van der Waals surface area contributed by atoms with Gasteiger partial charge in [0.05, 0.1) is 12.4 Å². The number of aromatic hydroxyl groups is 2. The van der Waals surface area contributed by atoms with E-state index in [4.69, 9.17) is 13.9 Å². The molecule has 1 aliphatic heterocycles. The Morgan fingerprint density at radius 3 is 2.34 bits per heavy atom. The summed E-state index contributed by atoms with van der Waals surface area (Å²) in [5, 5.41) is 73.1. The van der Waals surface area contributed by atoms with Crippen LogP contribution in [0.1, 0.15) is 6.42 Å². The van der Waals surface area contributed by atoms with Crippen LogP contribution in [-0.2, 0) is 19.1 Å². The van der Waals surface area contributed by atoms with Crippen molar-refractivity contribution in [2.75, 3.05) is 6.61 Å². The summed E-state index contributed by atoms with van der Waals surface area (Å²) in [5.41, 5.74) is -1.20. The number of benzene rings is 2. The highest BCUT2D eigenvalue weighted by Gasteiger charge is 2.45. The predicted molar refractivity (Wildman–Crippen MR) is 119 cm³/mol. The molecular formula is C24H20O14-2. The van der Waals surface area contributed by atoms with E-state index in [1.807, 2.05) is 0 Å². The number of hydrogen-bond acceptors (Lipinski definition) is 14. The van der Waals surface area contributed by atoms with E-state index in [-0.39, 0.29) is 28.4 Å². The smallest absolute Gasteiger partial charge is 0.311 e. The molecule has 0 saturated carbocycles. The molecule has 1 fully saturated rings. The number of carboxylic acids is 1. The molecule has 5 atom stereocenters. The summed E-state index contributed by atoms with van der Waals surface area (Å²) < 4.78 is 21.1. The number of esters is 1. The summed E-state index contributed by atoms with van der Waals surface area (Å²) in [4.78, 5) is 34.6. The molecule has 1 aliphatic rings. The van der Waals surface area contributed by atoms with Crippen molar-refractivity contribution in [2.24, 2.45) is 0 Å². The van der Waals surface area contributed by atoms with Gasteiger partial charge < -0.3 is 59.2 Å². The van der Waals surface area contributed by atoms with Crippen molar-refractivity contribution in [2.45, 2.75) is 37.1 Å². The Hall–Kier alpha value is -4.37. The number of ether oxygens (including phenoxy) is 3. The molecule has 3 aromatic rings. The number of hydrogen-bond donors (Lipinski definition) is 5. The van der Waals surface area contributed by atoms with Gasteiger partial charge in [-0.3, -0.25) is 9.59 Å². The van der Waals surface area contributed by atoms with Crippen molar-refractivity contribution in [3.8, 4) is 34.3 Å². The lowest BCUT2D eigenvalue weighted by molar-refractivity contribution is -0.305. The number of fused-ring (bicyclic) bond motifs is 1. The molecule has 202 valence electrons. The molecule has 0 radical (unpaired) electrons. The molecule has 5 N–H and O–H groups in total. The number of phenols is 2. The molecule has 14 nitrogen and oxygen atoms in total. The Balaban J connectivity index is 1.62. The van der Waals surface area contributed by atoms with E-state index < -0.39 is 78.0 Å². The lowest BCUT2D eigenvalue weighted by Gasteiger charge is -2.39. The van der Waals surface area contributed by atoms with E-state index in [1.54, 1.807) is 0 Å². The fourth-order valence-corrected chi connectivity index (χ4v) is 3.76. The van der Waals surface area contributed by atoms with Crippen molar-refractivity contribution < 1.29 is 64.0 Å². The van der Waals surface area contributed by atoms with Gasteiger partial charge in [0, 0.05) is 17.7 Å². The van der Waals surface area contributed by atoms with Crippen LogP contribution in [0, 0.1) is 0 Å². The zero-order valence-corrected chi connectivity index (χ0v) is 19.2. The second-order valence-electron chi connectivity index (χ2n) is 8.32. The van der Waals surface area contributed by atoms with Crippen LogP contribution in [0.4, 0.5) is 0 Å². The SMILES string of the molecule is O=C([O-])CC(=O)OC[C@H]1O[C@@H](Oc2cc(O)c3c(=O)c([O-])c(-c4ccc(O)cc4)oc3c2)[C@H](O)[C@@H](O)[C@@H]1O. The van der Waals surface area contributed by atoms with E-state index >= 15 is 0 Å². The van der Waals surface area contributed by atoms with Gasteiger partial charge in [-0.1, -0.05) is 0 Å². The van der Waals surface area contributed by atoms with Gasteiger partial charge in [0.25, 0.3) is 0 Å². The Morgan fingerprint density at radius 1 is 1.00 bits per heavy atom. The Morgan fingerprint density at radius 2 is 1.68 bits per heavy atom. The summed E-state index contributed by atoms with van der Waals surface area (Å²) in [6.07, 6.45) is -9.69. The van der Waals surface area contributed by atoms with E-state index in [0.29, 0.717) is 0 Å². The first kappa shape index (κ1) is 26.7. The Labute approximate surface area is 212 Å². The minimum absolute atomic E-state index is 0.0945. The lowest BCUT2D eigenvalue weighted by Crippen LogP contribution is -2.60. The monoisotopic (exact) mass is 532 g/mol. The molecular weight excluding hydrogens is 512 g/mol. The third-order valence-corrected chi connectivity index (χ3v) is 5.65. The van der Waals surface area contributed by atoms with Gasteiger partial charge in [0.1, 0.15) is 65.0 Å². The number of rotatable bonds is 7. The minimum Gasteiger partial charge on any atom is -0.867 e. The Bertz CT molecular complexity index is 1410. The Kier molecular flexibility index (Phi) is 7.41. The van der Waals surface area contributed by atoms with Crippen LogP contribution in [0.3, 0.4) is 0 Å². The van der Waals surface area contributed by atoms with Crippen LogP contribution < -0.4 is 20.4 Å². The third-order valence-electron chi connectivity index (χ3n) is 5.65. The first-order valence-corrected chi connectivity index (χ1v) is 11.0. The zero-order valence-electron chi connectivity index (χ0n) is 19.2. The van der Waals surface area contributed by atoms with Gasteiger partial charge in [0.2, 0.25) is 6.29 Å². The van der Waals surface area contributed by atoms with Crippen molar-refractivity contribution >= 4 is 22.9 Å². The second kappa shape index (κ2) is 10.5. The molecule has 0 spiro atoms. The zero-order chi connectivity index (χ0) is 27.7. The standard InChI is InChI=1S/C24H22O14/c25-10-3-1-9(2-4-10)23-21(33)19(31)17-12(26)5-11(6-13(17)37-23)36-24-22(34)20(32)18(30)14(38-24)8-35-16(29)7-15(27)28/h1-6,14,18,20,22,24-26,30,32-34H,7-8H2,(H,27,28)/p-2/t14-,18-,20+,22-,24-/m1/s1. The van der Waals surface area contributed by atoms with Gasteiger partial charge in [-0.15, -0.1) is 0 Å². The lowest BCUT2D eigenvalue weighted by atomic mass is 9.99. The number of carbonyl (C=O) groups is 2. The van der Waals surface area contributed by atoms with Crippen LogP contribution in [0.25, 0.3) is 22.3 Å². The van der Waals surface area contributed by atoms with E-state index in [0.717, 1.165) is 12.1 Å². The summed E-state index contributed by atoms with van der Waals surface area (Å²) in [6.45, 7) is -0.711. The van der Waals surface area contributed by atoms with Gasteiger partial charge in [0.15, 0.2) is 5.43 Å². The number of aliphatic carboxylic acids is 1. The van der Waals surface area contributed by atoms with Crippen LogP contribution in [0.2, 0.25) is 0 Å². The van der Waals surface area contributed by atoms with E-state index in [9.17, 15) is 50.1 Å². The second-order valence-corrected chi connectivity index (χ2v) is 8.32. The average Bonchev–Trinajstić information content (AvgIpc) is 2.85. The van der Waals surface area contributed by atoms with Crippen LogP contribution in [0.5, 0.6) is 23.0 Å². The van der Waals surface area contributed by atoms with Crippen molar-refractivity contribution in [3.05, 3.63) is 46.6 Å². The predicted octanol–water partition coefficient (Wildman–Crippen LogP) is -2.19. The number of carbonyl (C=O) groups excluding carboxylic acids is 2. The van der Waals surface area contributed by atoms with Gasteiger partial charge in [-0.2, -0.15) is 0 Å². The van der Waals surface area contributed by atoms with Gasteiger partial charge in [-0.05, 0) is 30.0 Å². The topological polar surface area (TPSA) is 239 Å². The number of carboxylic acid groups (broad SMARTS) is 1. The highest BCUT2D eigenvalue weighted by Crippen LogP contribution is 2.36. The van der Waals surface area contributed by atoms with Crippen LogP contribution in [0.15, 0.2) is 45.6 Å². The molecule has 1 saturated heterocycles. The molecule has 0 aliphatic carbocycles. The van der Waals surface area contributed by atoms with Gasteiger partial charge >= 0.3 is 5.97 Å². The first-order valence-electron chi connectivity index (χ1n) is 11.0. The van der Waals surface area contributed by atoms with Crippen molar-refractivity contribution in [3.63, 3.8) is 0 Å². The number of phenolic OH excluding ortho intramolecular Hbond substituents is 2. The maximum Gasteiger partial charge on any atom is 0.311 e. The molecule has 0 bridgehead atoms. The fourth-order valence-electron chi connectivity index (χ4n) is 3.76. The highest BCUT2D eigenvalue weighted by molar-refractivity contribution is 5.89. The van der Waals surface area contributed by atoms with Crippen LogP contribution in [-0.4, -0.2) is 74.8 Å². The summed E-state index contributed by atoms with van der Waals surface area (Å²) >= 11 is 0. The maximum atomic E-state index is 12.6. The van der Waals surface area contributed by atoms with Crippen molar-refractivity contribution in [1.82, 2.24) is 0 Å². The quantitative estimate of drug-likeness (QED) is 0.160.